The fraction of sp³-hybridized carbons (Fsp3) is 0.611. The smallest absolute Gasteiger partial charge is 0.272 e. The Kier molecular flexibility index (Phi) is 5.32. The van der Waals surface area contributed by atoms with E-state index in [2.05, 4.69) is 18.8 Å². The third kappa shape index (κ3) is 3.90. The third-order valence-corrected chi connectivity index (χ3v) is 6.78. The Morgan fingerprint density at radius 2 is 1.81 bits per heavy atom. The summed E-state index contributed by atoms with van der Waals surface area (Å²) in [6.45, 7) is 4.81. The molecule has 1 aromatic rings. The molecule has 2 atom stereocenters. The number of rotatable bonds is 4. The maximum atomic E-state index is 12.8. The van der Waals surface area contributed by atoms with Gasteiger partial charge in [-0.25, -0.2) is 8.42 Å². The molecule has 1 aromatic heterocycles. The maximum absolute atomic E-state index is 12.8. The lowest BCUT2D eigenvalue weighted by Crippen LogP contribution is -2.62. The summed E-state index contributed by atoms with van der Waals surface area (Å²) in [7, 11) is -3.28. The Balaban J connectivity index is 1.81. The number of aromatic nitrogens is 1. The van der Waals surface area contributed by atoms with Crippen LogP contribution in [0.2, 0.25) is 0 Å². The fourth-order valence-electron chi connectivity index (χ4n) is 3.71. The Hall–Kier alpha value is -1.96. The molecule has 2 aliphatic heterocycles. The van der Waals surface area contributed by atoms with Crippen LogP contribution in [0, 0.1) is 5.92 Å². The van der Waals surface area contributed by atoms with Crippen molar-refractivity contribution in [3.05, 3.63) is 30.1 Å². The van der Waals surface area contributed by atoms with Gasteiger partial charge in [-0.3, -0.25) is 14.6 Å². The monoisotopic (exact) mass is 379 g/mol. The summed E-state index contributed by atoms with van der Waals surface area (Å²) in [4.78, 5) is 32.8. The second-order valence-electron chi connectivity index (χ2n) is 7.44. The average Bonchev–Trinajstić information content (AvgIpc) is 2.93. The number of hydrogen-bond donors (Lipinski definition) is 0. The molecule has 2 saturated heterocycles. The molecule has 0 radical (unpaired) electrons. The maximum Gasteiger partial charge on any atom is 0.272 e. The molecule has 0 aromatic carbocycles. The van der Waals surface area contributed by atoms with Crippen LogP contribution in [0.1, 0.15) is 37.2 Å². The van der Waals surface area contributed by atoms with Gasteiger partial charge in [0.2, 0.25) is 5.91 Å². The lowest BCUT2D eigenvalue weighted by molar-refractivity contribution is -0.136. The van der Waals surface area contributed by atoms with E-state index in [1.54, 1.807) is 34.2 Å². The van der Waals surface area contributed by atoms with Crippen LogP contribution in [-0.4, -0.2) is 71.7 Å². The molecule has 142 valence electrons. The molecular weight excluding hydrogens is 354 g/mol. The van der Waals surface area contributed by atoms with Gasteiger partial charge in [-0.1, -0.05) is 19.9 Å². The zero-order valence-corrected chi connectivity index (χ0v) is 16.0. The molecule has 2 unspecified atom stereocenters. The summed E-state index contributed by atoms with van der Waals surface area (Å²) in [5.41, 5.74) is 0.301. The minimum Gasteiger partial charge on any atom is -0.335 e. The van der Waals surface area contributed by atoms with Crippen LogP contribution in [0.3, 0.4) is 0 Å². The van der Waals surface area contributed by atoms with Gasteiger partial charge in [-0.2, -0.15) is 0 Å². The number of nitrogens with zero attached hydrogens (tertiary/aromatic N) is 3. The molecule has 2 aliphatic rings. The van der Waals surface area contributed by atoms with Gasteiger partial charge in [0.1, 0.15) is 5.69 Å². The number of piperazine rings is 1. The third-order valence-electron chi connectivity index (χ3n) is 5.08. The van der Waals surface area contributed by atoms with E-state index < -0.39 is 21.9 Å². The highest BCUT2D eigenvalue weighted by atomic mass is 32.2. The van der Waals surface area contributed by atoms with Gasteiger partial charge < -0.3 is 9.80 Å². The number of carbonyl (C=O) groups excluding carboxylic acids is 2. The Bertz CT molecular complexity index is 779. The van der Waals surface area contributed by atoms with E-state index in [4.69, 9.17) is 0 Å². The lowest BCUT2D eigenvalue weighted by atomic mass is 10.0. The van der Waals surface area contributed by atoms with Crippen molar-refractivity contribution in [2.24, 2.45) is 5.92 Å². The number of pyridine rings is 1. The zero-order valence-electron chi connectivity index (χ0n) is 15.2. The normalized spacial score (nSPS) is 24.6. The van der Waals surface area contributed by atoms with Crippen LogP contribution >= 0.6 is 0 Å². The molecule has 3 rings (SSSR count). The molecule has 26 heavy (non-hydrogen) atoms. The van der Waals surface area contributed by atoms with Crippen molar-refractivity contribution in [3.8, 4) is 0 Å². The van der Waals surface area contributed by atoms with Gasteiger partial charge in [0.15, 0.2) is 9.84 Å². The second kappa shape index (κ2) is 7.34. The molecule has 0 saturated carbocycles. The molecular formula is C18H25N3O4S. The lowest BCUT2D eigenvalue weighted by Gasteiger charge is -2.43. The van der Waals surface area contributed by atoms with E-state index in [1.807, 2.05) is 0 Å². The molecule has 0 aliphatic carbocycles. The van der Waals surface area contributed by atoms with Crippen LogP contribution in [0.15, 0.2) is 24.4 Å². The minimum atomic E-state index is -3.28. The first-order valence-electron chi connectivity index (χ1n) is 9.00. The van der Waals surface area contributed by atoms with Gasteiger partial charge in [-0.15, -0.1) is 0 Å². The largest absolute Gasteiger partial charge is 0.335 e. The molecule has 0 N–H and O–H groups in total. The van der Waals surface area contributed by atoms with E-state index >= 15 is 0 Å². The number of sulfone groups is 1. The van der Waals surface area contributed by atoms with Crippen molar-refractivity contribution in [1.82, 2.24) is 14.8 Å². The summed E-state index contributed by atoms with van der Waals surface area (Å²) >= 11 is 0. The summed E-state index contributed by atoms with van der Waals surface area (Å²) in [6.07, 6.45) is 2.73. The molecule has 0 bridgehead atoms. The fourth-order valence-corrected chi connectivity index (χ4v) is 5.69. The highest BCUT2D eigenvalue weighted by molar-refractivity contribution is 7.91. The summed E-state index contributed by atoms with van der Waals surface area (Å²) in [5.74, 6) is -0.0434. The topological polar surface area (TPSA) is 87.7 Å². The van der Waals surface area contributed by atoms with E-state index in [-0.39, 0.29) is 23.3 Å². The zero-order chi connectivity index (χ0) is 18.9. The predicted molar refractivity (Wildman–Crippen MR) is 97.3 cm³/mol. The van der Waals surface area contributed by atoms with Crippen molar-refractivity contribution in [3.63, 3.8) is 0 Å². The van der Waals surface area contributed by atoms with E-state index in [0.29, 0.717) is 31.1 Å². The van der Waals surface area contributed by atoms with Gasteiger partial charge in [-0.05, 0) is 24.5 Å². The van der Waals surface area contributed by atoms with Crippen molar-refractivity contribution >= 4 is 21.7 Å². The van der Waals surface area contributed by atoms with Crippen LogP contribution in [0.5, 0.6) is 0 Å². The molecule has 8 heteroatoms. The first kappa shape index (κ1) is 18.8. The number of fused-ring (bicyclic) bond motifs is 1. The first-order valence-corrected chi connectivity index (χ1v) is 10.8. The standard InChI is InChI=1S/C18H25N3O4S/c1-13(2)6-7-17(22)20-9-10-21(16-12-26(24,25)11-15(16)20)18(23)14-5-3-4-8-19-14/h3-5,8,13,15-16H,6-7,9-12H2,1-2H3. The van der Waals surface area contributed by atoms with Gasteiger partial charge in [0, 0.05) is 25.7 Å². The number of amides is 2. The quantitative estimate of drug-likeness (QED) is 0.778. The molecule has 2 amide bonds. The van der Waals surface area contributed by atoms with Gasteiger partial charge in [0.05, 0.1) is 23.6 Å². The van der Waals surface area contributed by atoms with Crippen LogP contribution in [-0.2, 0) is 14.6 Å². The Labute approximate surface area is 154 Å². The minimum absolute atomic E-state index is 0.0178. The molecule has 2 fully saturated rings. The second-order valence-corrected chi connectivity index (χ2v) is 9.60. The summed E-state index contributed by atoms with van der Waals surface area (Å²) in [6, 6.07) is 4.13. The molecule has 0 spiro atoms. The van der Waals surface area contributed by atoms with E-state index in [1.165, 1.54) is 0 Å². The highest BCUT2D eigenvalue weighted by Gasteiger charge is 2.49. The van der Waals surface area contributed by atoms with Gasteiger partial charge >= 0.3 is 0 Å². The van der Waals surface area contributed by atoms with Crippen LogP contribution in [0.25, 0.3) is 0 Å². The van der Waals surface area contributed by atoms with E-state index in [9.17, 15) is 18.0 Å². The van der Waals surface area contributed by atoms with Gasteiger partial charge in [0.25, 0.3) is 5.91 Å². The average molecular weight is 379 g/mol. The number of carbonyl (C=O) groups is 2. The Morgan fingerprint density at radius 1 is 1.15 bits per heavy atom. The first-order chi connectivity index (χ1) is 12.3. The van der Waals surface area contributed by atoms with Crippen molar-refractivity contribution in [2.45, 2.75) is 38.8 Å². The Morgan fingerprint density at radius 3 is 2.42 bits per heavy atom. The summed E-state index contributed by atoms with van der Waals surface area (Å²) in [5, 5.41) is 0. The molecule has 7 nitrogen and oxygen atoms in total. The predicted octanol–water partition coefficient (Wildman–Crippen LogP) is 0.968. The molecule has 3 heterocycles. The number of hydrogen-bond acceptors (Lipinski definition) is 5. The van der Waals surface area contributed by atoms with Crippen molar-refractivity contribution in [1.29, 1.82) is 0 Å². The van der Waals surface area contributed by atoms with Crippen molar-refractivity contribution in [2.75, 3.05) is 24.6 Å². The van der Waals surface area contributed by atoms with Crippen molar-refractivity contribution < 1.29 is 18.0 Å². The van der Waals surface area contributed by atoms with E-state index in [0.717, 1.165) is 6.42 Å². The summed E-state index contributed by atoms with van der Waals surface area (Å²) < 4.78 is 24.5. The van der Waals surface area contributed by atoms with Crippen LogP contribution in [0.4, 0.5) is 0 Å². The highest BCUT2D eigenvalue weighted by Crippen LogP contribution is 2.29. The van der Waals surface area contributed by atoms with Crippen LogP contribution < -0.4 is 0 Å². The SMILES string of the molecule is CC(C)CCC(=O)N1CCN(C(=O)c2ccccn2)C2CS(=O)(=O)CC21.